The van der Waals surface area contributed by atoms with Crippen molar-refractivity contribution in [2.75, 3.05) is 26.2 Å². The fraction of sp³-hybridized carbons (Fsp3) is 0.412. The van der Waals surface area contributed by atoms with Crippen LogP contribution in [-0.4, -0.2) is 58.8 Å². The molecule has 25 heavy (non-hydrogen) atoms. The van der Waals surface area contributed by atoms with Gasteiger partial charge in [-0.25, -0.2) is 0 Å². The molecule has 2 aliphatic rings. The third kappa shape index (κ3) is 2.88. The molecule has 3 N–H and O–H groups in total. The summed E-state index contributed by atoms with van der Waals surface area (Å²) in [7, 11) is 0. The van der Waals surface area contributed by atoms with Crippen molar-refractivity contribution in [1.82, 2.24) is 14.8 Å². The van der Waals surface area contributed by atoms with Crippen LogP contribution in [0.15, 0.2) is 18.2 Å². The van der Waals surface area contributed by atoms with Crippen molar-refractivity contribution >= 4 is 45.9 Å². The number of likely N-dealkylation sites (tertiary alicyclic amines) is 2. The molecular weight excluding hydrogens is 363 g/mol. The zero-order chi connectivity index (χ0) is 17.7. The molecule has 0 saturated carbocycles. The van der Waals surface area contributed by atoms with Crippen LogP contribution >= 0.6 is 23.2 Å². The van der Waals surface area contributed by atoms with Crippen molar-refractivity contribution < 1.29 is 9.59 Å². The van der Waals surface area contributed by atoms with E-state index in [0.717, 1.165) is 10.9 Å². The van der Waals surface area contributed by atoms with Gasteiger partial charge in [-0.15, -0.1) is 0 Å². The second-order valence-corrected chi connectivity index (χ2v) is 7.53. The number of rotatable bonds is 2. The minimum Gasteiger partial charge on any atom is -0.350 e. The van der Waals surface area contributed by atoms with Crippen LogP contribution in [0, 0.1) is 5.92 Å². The molecule has 2 aromatic rings. The van der Waals surface area contributed by atoms with Gasteiger partial charge in [0.1, 0.15) is 5.69 Å². The van der Waals surface area contributed by atoms with Gasteiger partial charge in [-0.1, -0.05) is 23.2 Å². The molecule has 1 aromatic carbocycles. The Labute approximate surface area is 154 Å². The molecule has 4 rings (SSSR count). The highest BCUT2D eigenvalue weighted by atomic mass is 35.5. The van der Waals surface area contributed by atoms with E-state index in [1.807, 2.05) is 0 Å². The first kappa shape index (κ1) is 16.7. The normalized spacial score (nSPS) is 21.0. The Balaban J connectivity index is 1.48. The van der Waals surface area contributed by atoms with Crippen LogP contribution in [0.5, 0.6) is 0 Å². The number of nitrogens with zero attached hydrogens (tertiary/aromatic N) is 2. The summed E-state index contributed by atoms with van der Waals surface area (Å²) >= 11 is 12.2. The lowest BCUT2D eigenvalue weighted by molar-refractivity contribution is -0.139. The number of nitrogens with one attached hydrogen (secondary N) is 1. The maximum Gasteiger partial charge on any atom is 0.270 e. The third-order valence-corrected chi connectivity index (χ3v) is 5.79. The van der Waals surface area contributed by atoms with Crippen molar-refractivity contribution in [3.05, 3.63) is 33.9 Å². The van der Waals surface area contributed by atoms with Gasteiger partial charge in [0.05, 0.1) is 16.0 Å². The summed E-state index contributed by atoms with van der Waals surface area (Å²) in [4.78, 5) is 31.7. The van der Waals surface area contributed by atoms with Gasteiger partial charge < -0.3 is 20.5 Å². The van der Waals surface area contributed by atoms with Gasteiger partial charge >= 0.3 is 0 Å². The average Bonchev–Trinajstić information content (AvgIpc) is 3.21. The van der Waals surface area contributed by atoms with E-state index in [4.69, 9.17) is 28.9 Å². The molecule has 8 heteroatoms. The third-order valence-electron chi connectivity index (χ3n) is 4.97. The van der Waals surface area contributed by atoms with Crippen molar-refractivity contribution in [2.45, 2.75) is 12.5 Å². The van der Waals surface area contributed by atoms with Crippen molar-refractivity contribution in [1.29, 1.82) is 0 Å². The van der Waals surface area contributed by atoms with E-state index in [1.165, 1.54) is 0 Å². The number of fused-ring (bicyclic) bond motifs is 1. The molecule has 2 fully saturated rings. The number of hydrogen-bond donors (Lipinski definition) is 2. The monoisotopic (exact) mass is 380 g/mol. The quantitative estimate of drug-likeness (QED) is 0.836. The van der Waals surface area contributed by atoms with Crippen molar-refractivity contribution in [2.24, 2.45) is 11.7 Å². The van der Waals surface area contributed by atoms with Crippen LogP contribution in [0.1, 0.15) is 16.9 Å². The number of amides is 2. The van der Waals surface area contributed by atoms with Gasteiger partial charge in [0.15, 0.2) is 0 Å². The van der Waals surface area contributed by atoms with E-state index in [0.29, 0.717) is 48.3 Å². The van der Waals surface area contributed by atoms with Crippen LogP contribution in [-0.2, 0) is 4.79 Å². The van der Waals surface area contributed by atoms with E-state index in [2.05, 4.69) is 4.98 Å². The Bertz CT molecular complexity index is 860. The SMILES string of the molecule is NC1CN(C(=O)[C@H]2CCN(C(=O)c3cc4c(Cl)c(Cl)ccc4[nH]3)C2)C1. The predicted molar refractivity (Wildman–Crippen MR) is 96.9 cm³/mol. The fourth-order valence-electron chi connectivity index (χ4n) is 3.52. The Morgan fingerprint density at radius 2 is 1.92 bits per heavy atom. The largest absolute Gasteiger partial charge is 0.350 e. The molecule has 3 heterocycles. The summed E-state index contributed by atoms with van der Waals surface area (Å²) in [6.45, 7) is 2.24. The number of hydrogen-bond acceptors (Lipinski definition) is 3. The second-order valence-electron chi connectivity index (χ2n) is 6.75. The maximum absolute atomic E-state index is 12.8. The molecule has 2 amide bonds. The maximum atomic E-state index is 12.8. The van der Waals surface area contributed by atoms with E-state index in [-0.39, 0.29) is 23.8 Å². The van der Waals surface area contributed by atoms with Crippen LogP contribution in [0.25, 0.3) is 10.9 Å². The first-order valence-corrected chi connectivity index (χ1v) is 9.00. The van der Waals surface area contributed by atoms with Gasteiger partial charge in [0.25, 0.3) is 5.91 Å². The molecule has 2 saturated heterocycles. The van der Waals surface area contributed by atoms with Gasteiger partial charge in [0, 0.05) is 43.1 Å². The zero-order valence-electron chi connectivity index (χ0n) is 13.5. The first-order chi connectivity index (χ1) is 11.9. The number of H-pyrrole nitrogens is 1. The van der Waals surface area contributed by atoms with E-state index in [9.17, 15) is 9.59 Å². The Morgan fingerprint density at radius 1 is 1.16 bits per heavy atom. The molecule has 6 nitrogen and oxygen atoms in total. The molecule has 0 unspecified atom stereocenters. The summed E-state index contributed by atoms with van der Waals surface area (Å²) in [5, 5.41) is 1.60. The first-order valence-electron chi connectivity index (χ1n) is 8.24. The van der Waals surface area contributed by atoms with Crippen LogP contribution in [0.4, 0.5) is 0 Å². The number of carbonyl (C=O) groups excluding carboxylic acids is 2. The minimum absolute atomic E-state index is 0.0889. The van der Waals surface area contributed by atoms with Gasteiger partial charge in [-0.2, -0.15) is 0 Å². The van der Waals surface area contributed by atoms with E-state index in [1.54, 1.807) is 28.0 Å². The zero-order valence-corrected chi connectivity index (χ0v) is 15.0. The lowest BCUT2D eigenvalue weighted by Gasteiger charge is -2.38. The molecule has 0 spiro atoms. The summed E-state index contributed by atoms with van der Waals surface area (Å²) in [6.07, 6.45) is 0.684. The number of carbonyl (C=O) groups is 2. The highest BCUT2D eigenvalue weighted by Gasteiger charge is 2.37. The highest BCUT2D eigenvalue weighted by molar-refractivity contribution is 6.45. The highest BCUT2D eigenvalue weighted by Crippen LogP contribution is 2.32. The van der Waals surface area contributed by atoms with Crippen LogP contribution in [0.3, 0.4) is 0 Å². The lowest BCUT2D eigenvalue weighted by atomic mass is 10.0. The predicted octanol–water partition coefficient (Wildman–Crippen LogP) is 2.11. The number of halogens is 2. The summed E-state index contributed by atoms with van der Waals surface area (Å²) in [6, 6.07) is 5.30. The summed E-state index contributed by atoms with van der Waals surface area (Å²) in [5.74, 6) is -0.165. The minimum atomic E-state index is -0.140. The molecule has 1 aromatic heterocycles. The van der Waals surface area contributed by atoms with Crippen molar-refractivity contribution in [3.63, 3.8) is 0 Å². The standard InChI is InChI=1S/C17H18Cl2N4O2/c18-12-1-2-13-11(15(12)19)5-14(21-13)17(25)22-4-3-9(6-22)16(24)23-7-10(20)8-23/h1-2,5,9-10,21H,3-4,6-8,20H2/t9-/m0/s1. The number of benzene rings is 1. The molecule has 0 aliphatic carbocycles. The van der Waals surface area contributed by atoms with E-state index < -0.39 is 0 Å². The average molecular weight is 381 g/mol. The Hall–Kier alpha value is -1.76. The molecule has 0 bridgehead atoms. The van der Waals surface area contributed by atoms with Crippen LogP contribution in [0.2, 0.25) is 10.0 Å². The van der Waals surface area contributed by atoms with Gasteiger partial charge in [0.2, 0.25) is 5.91 Å². The van der Waals surface area contributed by atoms with Crippen LogP contribution < -0.4 is 5.73 Å². The molecular formula is C17H18Cl2N4O2. The van der Waals surface area contributed by atoms with Gasteiger partial charge in [-0.05, 0) is 24.6 Å². The second kappa shape index (κ2) is 6.20. The van der Waals surface area contributed by atoms with Gasteiger partial charge in [-0.3, -0.25) is 9.59 Å². The Kier molecular flexibility index (Phi) is 4.14. The summed E-state index contributed by atoms with van der Waals surface area (Å²) in [5.41, 5.74) is 6.95. The van der Waals surface area contributed by atoms with Crippen molar-refractivity contribution in [3.8, 4) is 0 Å². The molecule has 0 radical (unpaired) electrons. The number of nitrogens with two attached hydrogens (primary N) is 1. The molecule has 1 atom stereocenters. The molecule has 2 aliphatic heterocycles. The molecule has 132 valence electrons. The van der Waals surface area contributed by atoms with E-state index >= 15 is 0 Å². The number of aromatic amines is 1. The topological polar surface area (TPSA) is 82.4 Å². The smallest absolute Gasteiger partial charge is 0.270 e. The lowest BCUT2D eigenvalue weighted by Crippen LogP contribution is -2.59. The summed E-state index contributed by atoms with van der Waals surface area (Å²) < 4.78 is 0. The fourth-order valence-corrected chi connectivity index (χ4v) is 3.91. The Morgan fingerprint density at radius 3 is 2.64 bits per heavy atom. The number of aromatic nitrogens is 1.